The summed E-state index contributed by atoms with van der Waals surface area (Å²) in [5.74, 6) is 0. The molecular weight excluding hydrogens is 138 g/mol. The monoisotopic (exact) mass is 155 g/mol. The lowest BCUT2D eigenvalue weighted by Gasteiger charge is -2.17. The first-order valence-electron chi connectivity index (χ1n) is 3.51. The fourth-order valence-electron chi connectivity index (χ4n) is 0.905. The molecule has 11 heavy (non-hydrogen) atoms. The van der Waals surface area contributed by atoms with Crippen LogP contribution in [0.4, 0.5) is 0 Å². The first-order chi connectivity index (χ1) is 4.83. The third-order valence-electron chi connectivity index (χ3n) is 0.832. The average molecular weight is 155 g/mol. The van der Waals surface area contributed by atoms with E-state index in [0.29, 0.717) is 5.41 Å². The van der Waals surface area contributed by atoms with E-state index in [4.69, 9.17) is 10.2 Å². The normalized spacial score (nSPS) is 9.09. The number of allylic oxidation sites excluding steroid dienone is 1. The molecule has 0 fully saturated rings. The summed E-state index contributed by atoms with van der Waals surface area (Å²) in [6, 6.07) is 0. The van der Waals surface area contributed by atoms with Gasteiger partial charge in [-0.25, -0.2) is 10.2 Å². The minimum atomic E-state index is 0.422. The van der Waals surface area contributed by atoms with Gasteiger partial charge in [-0.3, -0.25) is 0 Å². The van der Waals surface area contributed by atoms with E-state index >= 15 is 0 Å². The van der Waals surface area contributed by atoms with Gasteiger partial charge in [0.25, 0.3) is 0 Å². The summed E-state index contributed by atoms with van der Waals surface area (Å²) in [6.07, 6.45) is 1.88. The number of carbonyl (C=O) groups excluding carboxylic acids is 1. The molecule has 0 rings (SSSR count). The molecule has 1 N–H and O–H groups in total. The molecule has 2 heteroatoms. The Balaban J connectivity index is 0. The topological polar surface area (TPSA) is 40.9 Å². The Hall–Kier alpha value is -0.880. The van der Waals surface area contributed by atoms with Crippen LogP contribution in [-0.2, 0) is 4.79 Å². The highest BCUT2D eigenvalue weighted by molar-refractivity contribution is 5.26. The third-order valence-corrected chi connectivity index (χ3v) is 0.832. The number of isocyanates is 1. The van der Waals surface area contributed by atoms with E-state index in [1.165, 1.54) is 5.57 Å². The van der Waals surface area contributed by atoms with Crippen molar-refractivity contribution in [1.29, 1.82) is 5.41 Å². The maximum Gasteiger partial charge on any atom is 0.231 e. The summed E-state index contributed by atoms with van der Waals surface area (Å²) in [6.45, 7) is 12.6. The van der Waals surface area contributed by atoms with Crippen molar-refractivity contribution in [2.75, 3.05) is 0 Å². The summed E-state index contributed by atoms with van der Waals surface area (Å²) < 4.78 is 0. The Morgan fingerprint density at radius 3 is 1.82 bits per heavy atom. The number of rotatable bonds is 1. The molecule has 0 amide bonds. The number of nitrogens with one attached hydrogen (secondary N) is 1. The van der Waals surface area contributed by atoms with Crippen molar-refractivity contribution in [3.05, 3.63) is 12.2 Å². The highest BCUT2D eigenvalue weighted by Gasteiger charge is 2.08. The Kier molecular flexibility index (Phi) is 6.81. The highest BCUT2D eigenvalue weighted by atomic mass is 16.1. The van der Waals surface area contributed by atoms with Crippen LogP contribution in [0.25, 0.3) is 0 Å². The van der Waals surface area contributed by atoms with Crippen LogP contribution in [0.2, 0.25) is 0 Å². The van der Waals surface area contributed by atoms with E-state index in [0.717, 1.165) is 12.5 Å². The first kappa shape index (κ1) is 12.8. The zero-order valence-electron chi connectivity index (χ0n) is 7.82. The number of hydrogen-bond acceptors (Lipinski definition) is 2. The van der Waals surface area contributed by atoms with Crippen molar-refractivity contribution in [2.45, 2.75) is 34.1 Å². The minimum Gasteiger partial charge on any atom is -0.222 e. The van der Waals surface area contributed by atoms with Gasteiger partial charge in [-0.1, -0.05) is 26.3 Å². The standard InChI is InChI=1S/C8H16.CHNO/c1-7(2)6-8(3,4)5;2-1-3/h1,6H2,2-5H3;2H. The SMILES string of the molecule is C=C(C)CC(C)(C)C.N=C=O. The zero-order valence-corrected chi connectivity index (χ0v) is 7.82. The second kappa shape index (κ2) is 5.87. The van der Waals surface area contributed by atoms with Crippen LogP contribution in [0.3, 0.4) is 0 Å². The van der Waals surface area contributed by atoms with Gasteiger partial charge in [0.1, 0.15) is 0 Å². The van der Waals surface area contributed by atoms with Crippen LogP contribution >= 0.6 is 0 Å². The maximum absolute atomic E-state index is 8.35. The van der Waals surface area contributed by atoms with Crippen LogP contribution in [0, 0.1) is 10.8 Å². The van der Waals surface area contributed by atoms with Crippen LogP contribution in [0.1, 0.15) is 34.1 Å². The zero-order chi connectivity index (χ0) is 9.49. The molecule has 0 saturated carbocycles. The minimum absolute atomic E-state index is 0.422. The molecule has 0 aromatic carbocycles. The van der Waals surface area contributed by atoms with Crippen molar-refractivity contribution < 1.29 is 4.79 Å². The summed E-state index contributed by atoms with van der Waals surface area (Å²) in [5.41, 5.74) is 1.70. The molecule has 0 aromatic rings. The molecule has 0 heterocycles. The van der Waals surface area contributed by atoms with Crippen molar-refractivity contribution >= 4 is 6.08 Å². The van der Waals surface area contributed by atoms with Crippen molar-refractivity contribution in [2.24, 2.45) is 5.41 Å². The Morgan fingerprint density at radius 1 is 1.55 bits per heavy atom. The van der Waals surface area contributed by atoms with E-state index in [9.17, 15) is 0 Å². The van der Waals surface area contributed by atoms with Gasteiger partial charge in [0.2, 0.25) is 6.08 Å². The van der Waals surface area contributed by atoms with Gasteiger partial charge in [-0.15, -0.1) is 6.58 Å². The smallest absolute Gasteiger partial charge is 0.222 e. The summed E-state index contributed by atoms with van der Waals surface area (Å²) in [5, 5.41) is 5.40. The lowest BCUT2D eigenvalue weighted by atomic mass is 9.89. The third kappa shape index (κ3) is 27.2. The quantitative estimate of drug-likeness (QED) is 0.353. The molecule has 0 aromatic heterocycles. The fourth-order valence-corrected chi connectivity index (χ4v) is 0.905. The van der Waals surface area contributed by atoms with Crippen molar-refractivity contribution in [1.82, 2.24) is 0 Å². The molecular formula is C9H17NO. The van der Waals surface area contributed by atoms with Gasteiger partial charge in [-0.05, 0) is 18.8 Å². The van der Waals surface area contributed by atoms with Crippen LogP contribution < -0.4 is 0 Å². The molecule has 0 atom stereocenters. The van der Waals surface area contributed by atoms with E-state index < -0.39 is 0 Å². The molecule has 0 aliphatic heterocycles. The average Bonchev–Trinajstić information content (AvgIpc) is 1.57. The van der Waals surface area contributed by atoms with E-state index in [1.54, 1.807) is 0 Å². The number of hydrogen-bond donors (Lipinski definition) is 1. The lowest BCUT2D eigenvalue weighted by Crippen LogP contribution is -2.03. The van der Waals surface area contributed by atoms with Gasteiger partial charge in [-0.2, -0.15) is 0 Å². The molecule has 0 aliphatic rings. The van der Waals surface area contributed by atoms with Crippen molar-refractivity contribution in [3.63, 3.8) is 0 Å². The molecule has 0 saturated heterocycles. The predicted molar refractivity (Wildman–Crippen MR) is 47.3 cm³/mol. The molecule has 0 aliphatic carbocycles. The van der Waals surface area contributed by atoms with Gasteiger partial charge >= 0.3 is 0 Å². The second-order valence-corrected chi connectivity index (χ2v) is 3.80. The Bertz CT molecular complexity index is 147. The second-order valence-electron chi connectivity index (χ2n) is 3.80. The predicted octanol–water partition coefficient (Wildman–Crippen LogP) is 2.90. The Labute approximate surface area is 68.8 Å². The van der Waals surface area contributed by atoms with Gasteiger partial charge < -0.3 is 0 Å². The maximum atomic E-state index is 8.35. The van der Waals surface area contributed by atoms with Crippen LogP contribution in [-0.4, -0.2) is 6.08 Å². The van der Waals surface area contributed by atoms with Crippen molar-refractivity contribution in [3.8, 4) is 0 Å². The van der Waals surface area contributed by atoms with Gasteiger partial charge in [0.05, 0.1) is 0 Å². The van der Waals surface area contributed by atoms with Crippen LogP contribution in [0.15, 0.2) is 12.2 Å². The fraction of sp³-hybridized carbons (Fsp3) is 0.667. The van der Waals surface area contributed by atoms with Crippen LogP contribution in [0.5, 0.6) is 0 Å². The molecule has 0 bridgehead atoms. The summed E-state index contributed by atoms with van der Waals surface area (Å²) in [4.78, 5) is 8.35. The lowest BCUT2D eigenvalue weighted by molar-refractivity contribution is 0.410. The summed E-state index contributed by atoms with van der Waals surface area (Å²) >= 11 is 0. The first-order valence-corrected chi connectivity index (χ1v) is 3.51. The molecule has 0 radical (unpaired) electrons. The molecule has 0 unspecified atom stereocenters. The van der Waals surface area contributed by atoms with E-state index in [-0.39, 0.29) is 0 Å². The molecule has 2 nitrogen and oxygen atoms in total. The largest absolute Gasteiger partial charge is 0.231 e. The van der Waals surface area contributed by atoms with Gasteiger partial charge in [0.15, 0.2) is 0 Å². The van der Waals surface area contributed by atoms with E-state index in [1.807, 2.05) is 0 Å². The highest BCUT2D eigenvalue weighted by Crippen LogP contribution is 2.21. The Morgan fingerprint density at radius 2 is 1.82 bits per heavy atom. The molecule has 0 spiro atoms. The van der Waals surface area contributed by atoms with Gasteiger partial charge in [0, 0.05) is 0 Å². The van der Waals surface area contributed by atoms with E-state index in [2.05, 4.69) is 34.3 Å². The summed E-state index contributed by atoms with van der Waals surface area (Å²) in [7, 11) is 0. The molecule has 64 valence electrons.